The fourth-order valence-corrected chi connectivity index (χ4v) is 4.20. The van der Waals surface area contributed by atoms with E-state index < -0.39 is 44.1 Å². The zero-order valence-electron chi connectivity index (χ0n) is 16.5. The summed E-state index contributed by atoms with van der Waals surface area (Å²) in [6.07, 6.45) is -4.69. The van der Waals surface area contributed by atoms with Gasteiger partial charge in [0.1, 0.15) is 16.3 Å². The summed E-state index contributed by atoms with van der Waals surface area (Å²) < 4.78 is 85.6. The quantitative estimate of drug-likeness (QED) is 0.363. The van der Waals surface area contributed by atoms with Gasteiger partial charge in [0.15, 0.2) is 5.76 Å². The number of hydrogen-bond acceptors (Lipinski definition) is 4. The van der Waals surface area contributed by atoms with Gasteiger partial charge in [-0.3, -0.25) is 9.52 Å². The second kappa shape index (κ2) is 8.24. The molecule has 0 aliphatic rings. The summed E-state index contributed by atoms with van der Waals surface area (Å²) in [4.78, 5) is 11.6. The molecule has 1 heterocycles. The van der Waals surface area contributed by atoms with Gasteiger partial charge in [-0.1, -0.05) is 24.3 Å². The highest BCUT2D eigenvalue weighted by Crippen LogP contribution is 2.31. The first-order chi connectivity index (χ1) is 15.5. The molecule has 4 rings (SSSR count). The van der Waals surface area contributed by atoms with Crippen LogP contribution >= 0.6 is 0 Å². The Morgan fingerprint density at radius 3 is 2.36 bits per heavy atom. The van der Waals surface area contributed by atoms with Crippen molar-refractivity contribution in [3.05, 3.63) is 89.9 Å². The summed E-state index contributed by atoms with van der Waals surface area (Å²) >= 11 is 0. The summed E-state index contributed by atoms with van der Waals surface area (Å²) in [5.74, 6) is -1.91. The van der Waals surface area contributed by atoms with Crippen molar-refractivity contribution < 1.29 is 35.2 Å². The Bertz CT molecular complexity index is 1430. The maximum absolute atomic E-state index is 14.3. The molecule has 11 heteroatoms. The Balaban J connectivity index is 1.59. The van der Waals surface area contributed by atoms with Crippen molar-refractivity contribution in [2.24, 2.45) is 0 Å². The third kappa shape index (κ3) is 4.82. The number of alkyl halides is 3. The van der Waals surface area contributed by atoms with Crippen LogP contribution in [0.3, 0.4) is 0 Å². The molecule has 0 saturated carbocycles. The molecule has 0 fully saturated rings. The van der Waals surface area contributed by atoms with Crippen molar-refractivity contribution in [1.82, 2.24) is 0 Å². The minimum absolute atomic E-state index is 0.0491. The average molecular weight is 478 g/mol. The van der Waals surface area contributed by atoms with Crippen molar-refractivity contribution in [2.75, 3.05) is 10.0 Å². The van der Waals surface area contributed by atoms with Gasteiger partial charge in [-0.25, -0.2) is 12.8 Å². The summed E-state index contributed by atoms with van der Waals surface area (Å²) in [5.41, 5.74) is -1.07. The fourth-order valence-electron chi connectivity index (χ4n) is 3.04. The number of sulfonamides is 1. The van der Waals surface area contributed by atoms with E-state index in [1.54, 1.807) is 24.3 Å². The van der Waals surface area contributed by atoms with Crippen LogP contribution in [-0.2, 0) is 16.2 Å². The molecule has 0 aliphatic heterocycles. The lowest BCUT2D eigenvalue weighted by molar-refractivity contribution is -0.137. The molecule has 2 N–H and O–H groups in total. The van der Waals surface area contributed by atoms with Gasteiger partial charge in [0.25, 0.3) is 15.9 Å². The Hall–Kier alpha value is -3.86. The SMILES string of the molecule is O=C(Nc1ccc(F)c(S(=O)(=O)Nc2cccc(C(F)(F)F)c2)c1)c1cc2ccccc2o1. The molecule has 0 spiro atoms. The highest BCUT2D eigenvalue weighted by molar-refractivity contribution is 7.92. The van der Waals surface area contributed by atoms with Crippen LogP contribution in [0.25, 0.3) is 11.0 Å². The van der Waals surface area contributed by atoms with E-state index in [2.05, 4.69) is 5.32 Å². The van der Waals surface area contributed by atoms with Crippen LogP contribution in [0.2, 0.25) is 0 Å². The summed E-state index contributed by atoms with van der Waals surface area (Å²) in [6.45, 7) is 0. The largest absolute Gasteiger partial charge is 0.451 e. The van der Waals surface area contributed by atoms with Crippen LogP contribution in [0.4, 0.5) is 28.9 Å². The molecular weight excluding hydrogens is 464 g/mol. The fraction of sp³-hybridized carbons (Fsp3) is 0.0455. The molecule has 4 aromatic rings. The van der Waals surface area contributed by atoms with E-state index in [1.807, 2.05) is 4.72 Å². The molecule has 0 radical (unpaired) electrons. The van der Waals surface area contributed by atoms with E-state index in [1.165, 1.54) is 6.07 Å². The number of benzene rings is 3. The van der Waals surface area contributed by atoms with E-state index in [0.717, 1.165) is 36.4 Å². The van der Waals surface area contributed by atoms with Crippen molar-refractivity contribution >= 4 is 38.3 Å². The minimum atomic E-state index is -4.69. The first kappa shape index (κ1) is 22.3. The molecule has 0 unspecified atom stereocenters. The third-order valence-electron chi connectivity index (χ3n) is 4.57. The van der Waals surface area contributed by atoms with Gasteiger partial charge in [-0.05, 0) is 48.5 Å². The molecule has 0 saturated heterocycles. The van der Waals surface area contributed by atoms with E-state index in [-0.39, 0.29) is 11.4 Å². The van der Waals surface area contributed by atoms with E-state index in [9.17, 15) is 30.8 Å². The van der Waals surface area contributed by atoms with Crippen LogP contribution in [0.5, 0.6) is 0 Å². The molecule has 6 nitrogen and oxygen atoms in total. The number of hydrogen-bond donors (Lipinski definition) is 2. The Morgan fingerprint density at radius 1 is 0.879 bits per heavy atom. The normalized spacial score (nSPS) is 12.0. The van der Waals surface area contributed by atoms with Gasteiger partial charge in [-0.15, -0.1) is 0 Å². The standard InChI is InChI=1S/C22H14F4N2O4S/c23-17-9-8-15(27-21(29)19-10-13-4-1-2-7-18(13)32-19)12-20(17)33(30,31)28-16-6-3-5-14(11-16)22(24,25)26/h1-12,28H,(H,27,29). The smallest absolute Gasteiger partial charge is 0.416 e. The summed E-state index contributed by atoms with van der Waals surface area (Å²) in [6, 6.07) is 14.6. The van der Waals surface area contributed by atoms with Gasteiger partial charge in [0, 0.05) is 16.8 Å². The third-order valence-corrected chi connectivity index (χ3v) is 5.97. The molecule has 1 aromatic heterocycles. The van der Waals surface area contributed by atoms with Gasteiger partial charge in [0.2, 0.25) is 0 Å². The number of carbonyl (C=O) groups is 1. The maximum Gasteiger partial charge on any atom is 0.416 e. The Kier molecular flexibility index (Phi) is 5.58. The Morgan fingerprint density at radius 2 is 1.64 bits per heavy atom. The minimum Gasteiger partial charge on any atom is -0.451 e. The number of rotatable bonds is 5. The van der Waals surface area contributed by atoms with Crippen molar-refractivity contribution in [3.63, 3.8) is 0 Å². The number of para-hydroxylation sites is 1. The number of anilines is 2. The molecule has 1 amide bonds. The predicted molar refractivity (Wildman–Crippen MR) is 113 cm³/mol. The number of nitrogens with one attached hydrogen (secondary N) is 2. The average Bonchev–Trinajstić information content (AvgIpc) is 3.19. The van der Waals surface area contributed by atoms with Crippen LogP contribution in [0.1, 0.15) is 16.1 Å². The van der Waals surface area contributed by atoms with Gasteiger partial charge in [0.05, 0.1) is 5.56 Å². The van der Waals surface area contributed by atoms with Crippen LogP contribution < -0.4 is 10.0 Å². The van der Waals surface area contributed by atoms with E-state index in [4.69, 9.17) is 4.42 Å². The Labute approximate surface area is 184 Å². The molecule has 0 atom stereocenters. The molecule has 33 heavy (non-hydrogen) atoms. The zero-order valence-corrected chi connectivity index (χ0v) is 17.3. The second-order valence-corrected chi connectivity index (χ2v) is 8.58. The molecule has 0 bridgehead atoms. The number of halogens is 4. The first-order valence-corrected chi connectivity index (χ1v) is 10.8. The lowest BCUT2D eigenvalue weighted by Crippen LogP contribution is -2.17. The first-order valence-electron chi connectivity index (χ1n) is 9.32. The number of furan rings is 1. The van der Waals surface area contributed by atoms with Gasteiger partial charge in [-0.2, -0.15) is 13.2 Å². The van der Waals surface area contributed by atoms with E-state index in [0.29, 0.717) is 17.0 Å². The maximum atomic E-state index is 14.3. The van der Waals surface area contributed by atoms with Crippen LogP contribution in [-0.4, -0.2) is 14.3 Å². The zero-order chi connectivity index (χ0) is 23.8. The highest BCUT2D eigenvalue weighted by atomic mass is 32.2. The highest BCUT2D eigenvalue weighted by Gasteiger charge is 2.31. The molecule has 170 valence electrons. The molecule has 3 aromatic carbocycles. The van der Waals surface area contributed by atoms with Crippen LogP contribution in [0, 0.1) is 5.82 Å². The second-order valence-electron chi connectivity index (χ2n) is 6.93. The predicted octanol–water partition coefficient (Wildman–Crippen LogP) is 5.64. The lowest BCUT2D eigenvalue weighted by Gasteiger charge is -2.13. The summed E-state index contributed by atoms with van der Waals surface area (Å²) in [7, 11) is -4.62. The van der Waals surface area contributed by atoms with Gasteiger partial charge < -0.3 is 9.73 Å². The molecule has 0 aliphatic carbocycles. The van der Waals surface area contributed by atoms with Crippen LogP contribution in [0.15, 0.2) is 82.1 Å². The van der Waals surface area contributed by atoms with Crippen molar-refractivity contribution in [2.45, 2.75) is 11.1 Å². The number of amides is 1. The lowest BCUT2D eigenvalue weighted by atomic mass is 10.2. The van der Waals surface area contributed by atoms with E-state index >= 15 is 0 Å². The summed E-state index contributed by atoms with van der Waals surface area (Å²) in [5, 5.41) is 3.09. The number of fused-ring (bicyclic) bond motifs is 1. The van der Waals surface area contributed by atoms with Crippen molar-refractivity contribution in [1.29, 1.82) is 0 Å². The molecular formula is C22H14F4N2O4S. The monoisotopic (exact) mass is 478 g/mol. The number of carbonyl (C=O) groups excluding carboxylic acids is 1. The van der Waals surface area contributed by atoms with Gasteiger partial charge >= 0.3 is 6.18 Å². The van der Waals surface area contributed by atoms with Crippen molar-refractivity contribution in [3.8, 4) is 0 Å². The topological polar surface area (TPSA) is 88.4 Å².